The van der Waals surface area contributed by atoms with Gasteiger partial charge in [0.1, 0.15) is 11.5 Å². The highest BCUT2D eigenvalue weighted by atomic mass is 32.2. The van der Waals surface area contributed by atoms with Crippen molar-refractivity contribution in [2.45, 2.75) is 30.7 Å². The standard InChI is InChI=1S/C23H30N2O6S/c1-17(26)24-22(18-9-11-19(30-3)12-10-18)16-23(27)25(2)13-6-14-31-20-7-5-8-21(15-20)32(4,28)29/h5,7-12,15,22H,6,13-14,16H2,1-4H3,(H,24,26). The summed E-state index contributed by atoms with van der Waals surface area (Å²) < 4.78 is 34.1. The summed E-state index contributed by atoms with van der Waals surface area (Å²) in [5, 5.41) is 2.82. The quantitative estimate of drug-likeness (QED) is 0.515. The Bertz CT molecular complexity index is 1020. The van der Waals surface area contributed by atoms with Gasteiger partial charge in [-0.25, -0.2) is 8.42 Å². The SMILES string of the molecule is COc1ccc(C(CC(=O)N(C)CCCOc2cccc(S(C)(=O)=O)c2)NC(C)=O)cc1. The second kappa shape index (κ2) is 11.5. The molecule has 0 fully saturated rings. The van der Waals surface area contributed by atoms with E-state index < -0.39 is 15.9 Å². The molecule has 0 saturated carbocycles. The summed E-state index contributed by atoms with van der Waals surface area (Å²) in [6.45, 7) is 2.21. The van der Waals surface area contributed by atoms with Gasteiger partial charge in [-0.3, -0.25) is 9.59 Å². The number of sulfone groups is 1. The summed E-state index contributed by atoms with van der Waals surface area (Å²) in [5.74, 6) is 0.831. The molecule has 2 amide bonds. The molecule has 0 spiro atoms. The molecule has 9 heteroatoms. The van der Waals surface area contributed by atoms with Gasteiger partial charge in [-0.15, -0.1) is 0 Å². The zero-order valence-corrected chi connectivity index (χ0v) is 19.6. The number of nitrogens with one attached hydrogen (secondary N) is 1. The summed E-state index contributed by atoms with van der Waals surface area (Å²) in [6.07, 6.45) is 1.84. The van der Waals surface area contributed by atoms with Crippen LogP contribution in [0.4, 0.5) is 0 Å². The molecule has 32 heavy (non-hydrogen) atoms. The van der Waals surface area contributed by atoms with Crippen molar-refractivity contribution in [3.05, 3.63) is 54.1 Å². The van der Waals surface area contributed by atoms with Crippen molar-refractivity contribution in [1.29, 1.82) is 0 Å². The smallest absolute Gasteiger partial charge is 0.224 e. The summed E-state index contributed by atoms with van der Waals surface area (Å²) in [7, 11) is -0.0234. The highest BCUT2D eigenvalue weighted by Gasteiger charge is 2.19. The van der Waals surface area contributed by atoms with Crippen molar-refractivity contribution in [3.63, 3.8) is 0 Å². The van der Waals surface area contributed by atoms with Crippen molar-refractivity contribution in [2.24, 2.45) is 0 Å². The van der Waals surface area contributed by atoms with E-state index in [1.165, 1.54) is 19.1 Å². The lowest BCUT2D eigenvalue weighted by atomic mass is 10.0. The Balaban J connectivity index is 1.88. The van der Waals surface area contributed by atoms with Gasteiger partial charge in [0.15, 0.2) is 9.84 Å². The highest BCUT2D eigenvalue weighted by Crippen LogP contribution is 2.21. The molecule has 0 aliphatic carbocycles. The molecule has 2 aromatic carbocycles. The molecule has 0 aromatic heterocycles. The number of amides is 2. The third-order valence-electron chi connectivity index (χ3n) is 4.84. The van der Waals surface area contributed by atoms with Crippen molar-refractivity contribution >= 4 is 21.7 Å². The summed E-state index contributed by atoms with van der Waals surface area (Å²) in [6, 6.07) is 13.1. The van der Waals surface area contributed by atoms with E-state index in [0.29, 0.717) is 31.1 Å². The Hall–Kier alpha value is -3.07. The van der Waals surface area contributed by atoms with Gasteiger partial charge in [0.25, 0.3) is 0 Å². The normalized spacial score (nSPS) is 12.0. The molecule has 0 aliphatic heterocycles. The molecule has 0 radical (unpaired) electrons. The zero-order chi connectivity index (χ0) is 23.7. The molecule has 8 nitrogen and oxygen atoms in total. The fourth-order valence-electron chi connectivity index (χ4n) is 3.08. The molecule has 0 heterocycles. The monoisotopic (exact) mass is 462 g/mol. The molecule has 0 aliphatic rings. The number of nitrogens with zero attached hydrogens (tertiary/aromatic N) is 1. The fraction of sp³-hybridized carbons (Fsp3) is 0.391. The minimum absolute atomic E-state index is 0.112. The molecule has 2 rings (SSSR count). The number of methoxy groups -OCH3 is 1. The maximum absolute atomic E-state index is 12.7. The Morgan fingerprint density at radius 3 is 2.38 bits per heavy atom. The van der Waals surface area contributed by atoms with E-state index in [-0.39, 0.29) is 23.1 Å². The molecule has 1 N–H and O–H groups in total. The number of rotatable bonds is 11. The van der Waals surface area contributed by atoms with Crippen LogP contribution in [-0.2, 0) is 19.4 Å². The van der Waals surface area contributed by atoms with Gasteiger partial charge >= 0.3 is 0 Å². The number of benzene rings is 2. The van der Waals surface area contributed by atoms with Crippen molar-refractivity contribution in [3.8, 4) is 11.5 Å². The number of carbonyl (C=O) groups excluding carboxylic acids is 2. The molecule has 174 valence electrons. The van der Waals surface area contributed by atoms with Crippen LogP contribution in [-0.4, -0.2) is 58.7 Å². The van der Waals surface area contributed by atoms with Gasteiger partial charge in [0.2, 0.25) is 11.8 Å². The van der Waals surface area contributed by atoms with Crippen LogP contribution in [0.25, 0.3) is 0 Å². The first kappa shape index (κ1) is 25.2. The van der Waals surface area contributed by atoms with Crippen molar-refractivity contribution in [2.75, 3.05) is 33.6 Å². The maximum atomic E-state index is 12.7. The number of carbonyl (C=O) groups is 2. The predicted molar refractivity (Wildman–Crippen MR) is 121 cm³/mol. The van der Waals surface area contributed by atoms with E-state index in [9.17, 15) is 18.0 Å². The molecule has 1 unspecified atom stereocenters. The van der Waals surface area contributed by atoms with Crippen molar-refractivity contribution in [1.82, 2.24) is 10.2 Å². The lowest BCUT2D eigenvalue weighted by molar-refractivity contribution is -0.130. The van der Waals surface area contributed by atoms with E-state index >= 15 is 0 Å². The Morgan fingerprint density at radius 1 is 1.09 bits per heavy atom. The van der Waals surface area contributed by atoms with Gasteiger partial charge < -0.3 is 19.7 Å². The van der Waals surface area contributed by atoms with E-state index in [4.69, 9.17) is 9.47 Å². The fourth-order valence-corrected chi connectivity index (χ4v) is 3.73. The summed E-state index contributed by atoms with van der Waals surface area (Å²) in [4.78, 5) is 26.1. The zero-order valence-electron chi connectivity index (χ0n) is 18.8. The first-order chi connectivity index (χ1) is 15.1. The summed E-state index contributed by atoms with van der Waals surface area (Å²) in [5.41, 5.74) is 0.817. The minimum atomic E-state index is -3.30. The van der Waals surface area contributed by atoms with Gasteiger partial charge in [0, 0.05) is 26.8 Å². The van der Waals surface area contributed by atoms with Crippen LogP contribution in [0.15, 0.2) is 53.4 Å². The Kier molecular flexibility index (Phi) is 9.07. The highest BCUT2D eigenvalue weighted by molar-refractivity contribution is 7.90. The van der Waals surface area contributed by atoms with Crippen LogP contribution in [0.1, 0.15) is 31.4 Å². The number of hydrogen-bond acceptors (Lipinski definition) is 6. The van der Waals surface area contributed by atoms with Gasteiger partial charge in [0.05, 0.1) is 31.1 Å². The predicted octanol–water partition coefficient (Wildman–Crippen LogP) is 2.59. The first-order valence-corrected chi connectivity index (χ1v) is 12.1. The largest absolute Gasteiger partial charge is 0.497 e. The van der Waals surface area contributed by atoms with Gasteiger partial charge in [-0.05, 0) is 42.3 Å². The van der Waals surface area contributed by atoms with E-state index in [1.54, 1.807) is 43.3 Å². The van der Waals surface area contributed by atoms with E-state index in [1.807, 2.05) is 12.1 Å². The topological polar surface area (TPSA) is 102 Å². The molecule has 1 atom stereocenters. The first-order valence-electron chi connectivity index (χ1n) is 10.2. The van der Waals surface area contributed by atoms with E-state index in [0.717, 1.165) is 11.8 Å². The number of hydrogen-bond donors (Lipinski definition) is 1. The van der Waals surface area contributed by atoms with Crippen LogP contribution < -0.4 is 14.8 Å². The molecule has 0 saturated heterocycles. The van der Waals surface area contributed by atoms with E-state index in [2.05, 4.69) is 5.32 Å². The van der Waals surface area contributed by atoms with Crippen LogP contribution in [0.5, 0.6) is 11.5 Å². The second-order valence-corrected chi connectivity index (χ2v) is 9.51. The minimum Gasteiger partial charge on any atom is -0.497 e. The average molecular weight is 463 g/mol. The maximum Gasteiger partial charge on any atom is 0.224 e. The molecule has 2 aromatic rings. The van der Waals surface area contributed by atoms with Crippen LogP contribution in [0.3, 0.4) is 0 Å². The van der Waals surface area contributed by atoms with Crippen molar-refractivity contribution < 1.29 is 27.5 Å². The van der Waals surface area contributed by atoms with Gasteiger partial charge in [-0.2, -0.15) is 0 Å². The lowest BCUT2D eigenvalue weighted by Gasteiger charge is -2.23. The Morgan fingerprint density at radius 2 is 1.78 bits per heavy atom. The number of ether oxygens (including phenoxy) is 2. The van der Waals surface area contributed by atoms with Crippen LogP contribution in [0.2, 0.25) is 0 Å². The Labute approximate surface area is 189 Å². The third kappa shape index (κ3) is 7.88. The summed E-state index contributed by atoms with van der Waals surface area (Å²) >= 11 is 0. The molecular formula is C23H30N2O6S. The van der Waals surface area contributed by atoms with Crippen LogP contribution in [0, 0.1) is 0 Å². The van der Waals surface area contributed by atoms with Gasteiger partial charge in [-0.1, -0.05) is 18.2 Å². The third-order valence-corrected chi connectivity index (χ3v) is 5.95. The lowest BCUT2D eigenvalue weighted by Crippen LogP contribution is -2.34. The average Bonchev–Trinajstić information content (AvgIpc) is 2.75. The molecule has 0 bridgehead atoms. The second-order valence-electron chi connectivity index (χ2n) is 7.49. The molecular weight excluding hydrogens is 432 g/mol. The van der Waals surface area contributed by atoms with Crippen LogP contribution >= 0.6 is 0 Å².